The third-order valence-electron chi connectivity index (χ3n) is 4.60. The molecule has 1 amide bonds. The maximum atomic E-state index is 12.8. The van der Waals surface area contributed by atoms with E-state index in [-0.39, 0.29) is 27.4 Å². The minimum Gasteiger partial charge on any atom is -0.350 e. The molecule has 28 heavy (non-hydrogen) atoms. The third kappa shape index (κ3) is 5.56. The molecule has 0 aromatic heterocycles. The minimum atomic E-state index is -3.74. The number of carbonyl (C=O) groups is 1. The first-order chi connectivity index (χ1) is 13.3. The summed E-state index contributed by atoms with van der Waals surface area (Å²) in [5.41, 5.74) is 1.49. The summed E-state index contributed by atoms with van der Waals surface area (Å²) in [5.74, 6) is -0.312. The van der Waals surface area contributed by atoms with Crippen LogP contribution in [0.25, 0.3) is 0 Å². The number of carbonyl (C=O) groups excluding carboxylic acids is 1. The topological polar surface area (TPSA) is 66.5 Å². The maximum absolute atomic E-state index is 12.8. The predicted octanol–water partition coefficient (Wildman–Crippen LogP) is 4.12. The second-order valence-electron chi connectivity index (χ2n) is 6.63. The molecule has 2 aromatic carbocycles. The highest BCUT2D eigenvalue weighted by Crippen LogP contribution is 2.26. The van der Waals surface area contributed by atoms with E-state index in [1.165, 1.54) is 22.0 Å². The summed E-state index contributed by atoms with van der Waals surface area (Å²) in [6.07, 6.45) is 1.64. The van der Waals surface area contributed by atoms with Gasteiger partial charge in [-0.15, -0.1) is 0 Å². The van der Waals surface area contributed by atoms with E-state index in [1.54, 1.807) is 19.9 Å². The number of halogens is 1. The molecule has 152 valence electrons. The molecule has 0 bridgehead atoms. The molecule has 1 unspecified atom stereocenters. The molecule has 0 saturated heterocycles. The van der Waals surface area contributed by atoms with Crippen molar-refractivity contribution < 1.29 is 13.2 Å². The SMILES string of the molecule is CCN(CC)S(=O)(=O)c1cc(C(=O)NC(C)CCc2ccccc2)ccc1Cl. The predicted molar refractivity (Wildman–Crippen MR) is 113 cm³/mol. The number of hydrogen-bond acceptors (Lipinski definition) is 3. The Morgan fingerprint density at radius 1 is 1.11 bits per heavy atom. The first kappa shape index (κ1) is 22.4. The van der Waals surface area contributed by atoms with E-state index in [0.29, 0.717) is 13.1 Å². The van der Waals surface area contributed by atoms with Crippen LogP contribution in [0.3, 0.4) is 0 Å². The summed E-state index contributed by atoms with van der Waals surface area (Å²) in [5, 5.41) is 3.04. The van der Waals surface area contributed by atoms with Gasteiger partial charge in [-0.05, 0) is 43.5 Å². The average molecular weight is 423 g/mol. The van der Waals surface area contributed by atoms with Crippen molar-refractivity contribution >= 4 is 27.5 Å². The summed E-state index contributed by atoms with van der Waals surface area (Å²) in [6, 6.07) is 14.4. The zero-order chi connectivity index (χ0) is 20.7. The normalized spacial score (nSPS) is 12.8. The van der Waals surface area contributed by atoms with Gasteiger partial charge in [0.15, 0.2) is 0 Å². The van der Waals surface area contributed by atoms with Gasteiger partial charge in [-0.1, -0.05) is 55.8 Å². The lowest BCUT2D eigenvalue weighted by molar-refractivity contribution is 0.0938. The van der Waals surface area contributed by atoms with Gasteiger partial charge in [0.1, 0.15) is 4.90 Å². The standard InChI is InChI=1S/C21H27ClN2O3S/c1-4-24(5-2)28(26,27)20-15-18(13-14-19(20)22)21(25)23-16(3)11-12-17-9-7-6-8-10-17/h6-10,13-16H,4-5,11-12H2,1-3H3,(H,23,25). The molecule has 1 N–H and O–H groups in total. The summed E-state index contributed by atoms with van der Waals surface area (Å²) >= 11 is 6.13. The molecule has 0 spiro atoms. The molecule has 2 rings (SSSR count). The van der Waals surface area contributed by atoms with Crippen LogP contribution in [0.5, 0.6) is 0 Å². The van der Waals surface area contributed by atoms with Gasteiger partial charge in [-0.3, -0.25) is 4.79 Å². The first-order valence-electron chi connectivity index (χ1n) is 9.44. The molecule has 0 saturated carbocycles. The number of nitrogens with zero attached hydrogens (tertiary/aromatic N) is 1. The minimum absolute atomic E-state index is 0.0394. The molecule has 0 fully saturated rings. The second-order valence-corrected chi connectivity index (χ2v) is 8.95. The van der Waals surface area contributed by atoms with Crippen molar-refractivity contribution in [3.05, 3.63) is 64.7 Å². The van der Waals surface area contributed by atoms with Crippen molar-refractivity contribution in [2.75, 3.05) is 13.1 Å². The van der Waals surface area contributed by atoms with Gasteiger partial charge < -0.3 is 5.32 Å². The van der Waals surface area contributed by atoms with Gasteiger partial charge in [0.05, 0.1) is 5.02 Å². The fraction of sp³-hybridized carbons (Fsp3) is 0.381. The van der Waals surface area contributed by atoms with Crippen LogP contribution in [0.1, 0.15) is 43.1 Å². The van der Waals surface area contributed by atoms with Crippen LogP contribution in [0, 0.1) is 0 Å². The number of sulfonamides is 1. The number of nitrogens with one attached hydrogen (secondary N) is 1. The number of rotatable bonds is 9. The second kappa shape index (κ2) is 10.0. The molecule has 0 radical (unpaired) electrons. The highest BCUT2D eigenvalue weighted by atomic mass is 35.5. The van der Waals surface area contributed by atoms with Crippen molar-refractivity contribution in [3.8, 4) is 0 Å². The summed E-state index contributed by atoms with van der Waals surface area (Å²) < 4.78 is 26.9. The van der Waals surface area contributed by atoms with Crippen LogP contribution in [0.15, 0.2) is 53.4 Å². The quantitative estimate of drug-likeness (QED) is 0.660. The van der Waals surface area contributed by atoms with Crippen molar-refractivity contribution in [2.45, 2.75) is 44.6 Å². The van der Waals surface area contributed by atoms with Crippen LogP contribution in [-0.2, 0) is 16.4 Å². The highest BCUT2D eigenvalue weighted by Gasteiger charge is 2.25. The molecular weight excluding hydrogens is 396 g/mol. The molecule has 7 heteroatoms. The first-order valence-corrected chi connectivity index (χ1v) is 11.3. The molecule has 0 aliphatic carbocycles. The van der Waals surface area contributed by atoms with Crippen LogP contribution in [-0.4, -0.2) is 37.8 Å². The lowest BCUT2D eigenvalue weighted by atomic mass is 10.1. The number of amides is 1. The molecule has 0 heterocycles. The smallest absolute Gasteiger partial charge is 0.251 e. The van der Waals surface area contributed by atoms with Crippen molar-refractivity contribution in [1.29, 1.82) is 0 Å². The Labute approximate surface area is 172 Å². The molecule has 1 atom stereocenters. The number of hydrogen-bond donors (Lipinski definition) is 1. The Morgan fingerprint density at radius 3 is 2.36 bits per heavy atom. The lowest BCUT2D eigenvalue weighted by Gasteiger charge is -2.20. The third-order valence-corrected chi connectivity index (χ3v) is 7.13. The van der Waals surface area contributed by atoms with Crippen molar-refractivity contribution in [1.82, 2.24) is 9.62 Å². The molecular formula is C21H27ClN2O3S. The van der Waals surface area contributed by atoms with Gasteiger partial charge in [0, 0.05) is 24.7 Å². The van der Waals surface area contributed by atoms with E-state index < -0.39 is 10.0 Å². The van der Waals surface area contributed by atoms with Gasteiger partial charge in [-0.2, -0.15) is 4.31 Å². The molecule has 2 aromatic rings. The number of benzene rings is 2. The van der Waals surface area contributed by atoms with Gasteiger partial charge in [0.2, 0.25) is 10.0 Å². The molecule has 0 aliphatic rings. The van der Waals surface area contributed by atoms with Crippen LogP contribution in [0.2, 0.25) is 5.02 Å². The average Bonchev–Trinajstić information content (AvgIpc) is 2.68. The fourth-order valence-electron chi connectivity index (χ4n) is 2.95. The largest absolute Gasteiger partial charge is 0.350 e. The summed E-state index contributed by atoms with van der Waals surface area (Å²) in [4.78, 5) is 12.6. The van der Waals surface area contributed by atoms with E-state index in [9.17, 15) is 13.2 Å². The van der Waals surface area contributed by atoms with E-state index in [1.807, 2.05) is 25.1 Å². The molecule has 5 nitrogen and oxygen atoms in total. The summed E-state index contributed by atoms with van der Waals surface area (Å²) in [6.45, 7) is 6.13. The van der Waals surface area contributed by atoms with Crippen molar-refractivity contribution in [3.63, 3.8) is 0 Å². The Hall–Kier alpha value is -1.89. The van der Waals surface area contributed by atoms with Crippen LogP contribution < -0.4 is 5.32 Å². The van der Waals surface area contributed by atoms with Gasteiger partial charge >= 0.3 is 0 Å². The Kier molecular flexibility index (Phi) is 8.04. The van der Waals surface area contributed by atoms with E-state index in [4.69, 9.17) is 11.6 Å². The Bertz CT molecular complexity index is 897. The van der Waals surface area contributed by atoms with E-state index in [0.717, 1.165) is 12.8 Å². The van der Waals surface area contributed by atoms with E-state index >= 15 is 0 Å². The monoisotopic (exact) mass is 422 g/mol. The van der Waals surface area contributed by atoms with Crippen LogP contribution in [0.4, 0.5) is 0 Å². The molecule has 0 aliphatic heterocycles. The zero-order valence-electron chi connectivity index (χ0n) is 16.5. The lowest BCUT2D eigenvalue weighted by Crippen LogP contribution is -2.33. The highest BCUT2D eigenvalue weighted by molar-refractivity contribution is 7.89. The van der Waals surface area contributed by atoms with Crippen LogP contribution >= 0.6 is 11.6 Å². The van der Waals surface area contributed by atoms with Crippen molar-refractivity contribution in [2.24, 2.45) is 0 Å². The Balaban J connectivity index is 2.11. The summed E-state index contributed by atoms with van der Waals surface area (Å²) in [7, 11) is -3.74. The number of aryl methyl sites for hydroxylation is 1. The van der Waals surface area contributed by atoms with Gasteiger partial charge in [-0.25, -0.2) is 8.42 Å². The van der Waals surface area contributed by atoms with Gasteiger partial charge in [0.25, 0.3) is 5.91 Å². The fourth-order valence-corrected chi connectivity index (χ4v) is 4.91. The Morgan fingerprint density at radius 2 is 1.75 bits per heavy atom. The maximum Gasteiger partial charge on any atom is 0.251 e. The zero-order valence-corrected chi connectivity index (χ0v) is 18.1. The van der Waals surface area contributed by atoms with E-state index in [2.05, 4.69) is 17.4 Å².